The van der Waals surface area contributed by atoms with Gasteiger partial charge in [0.2, 0.25) is 5.91 Å². The van der Waals surface area contributed by atoms with Crippen molar-refractivity contribution >= 4 is 23.2 Å². The van der Waals surface area contributed by atoms with Crippen LogP contribution in [0.2, 0.25) is 5.02 Å². The zero-order chi connectivity index (χ0) is 19.1. The first-order valence-electron chi connectivity index (χ1n) is 11.1. The Bertz CT molecular complexity index is 693. The fraction of sp³-hybridized carbons (Fsp3) is 0.696. The number of nitrogens with zero attached hydrogens (tertiary/aromatic N) is 2. The SMILES string of the molecule is O=C(CN1CCN(c2ccccc2Cl)CC1)NCC12CC3CC(CC(C3)C1)C2. The van der Waals surface area contributed by atoms with E-state index in [1.807, 2.05) is 18.2 Å². The van der Waals surface area contributed by atoms with Crippen molar-refractivity contribution in [3.63, 3.8) is 0 Å². The Morgan fingerprint density at radius 3 is 2.21 bits per heavy atom. The molecule has 0 spiro atoms. The van der Waals surface area contributed by atoms with Crippen molar-refractivity contribution < 1.29 is 4.79 Å². The molecule has 28 heavy (non-hydrogen) atoms. The normalized spacial score (nSPS) is 34.6. The summed E-state index contributed by atoms with van der Waals surface area (Å²) in [5.41, 5.74) is 1.53. The molecule has 5 heteroatoms. The number of carbonyl (C=O) groups excluding carboxylic acids is 1. The molecule has 1 amide bonds. The van der Waals surface area contributed by atoms with Gasteiger partial charge in [-0.2, -0.15) is 0 Å². The van der Waals surface area contributed by atoms with Crippen LogP contribution in [0.25, 0.3) is 0 Å². The predicted octanol–water partition coefficient (Wildman–Crippen LogP) is 3.79. The van der Waals surface area contributed by atoms with Crippen molar-refractivity contribution in [2.75, 3.05) is 44.2 Å². The molecule has 1 heterocycles. The van der Waals surface area contributed by atoms with Gasteiger partial charge >= 0.3 is 0 Å². The maximum Gasteiger partial charge on any atom is 0.234 e. The molecule has 1 N–H and O–H groups in total. The van der Waals surface area contributed by atoms with Crippen LogP contribution in [0.1, 0.15) is 38.5 Å². The molecule has 1 aromatic rings. The molecule has 152 valence electrons. The number of nitrogens with one attached hydrogen (secondary N) is 1. The number of rotatable bonds is 5. The summed E-state index contributed by atoms with van der Waals surface area (Å²) in [6, 6.07) is 8.03. The van der Waals surface area contributed by atoms with E-state index in [9.17, 15) is 4.79 Å². The number of benzene rings is 1. The van der Waals surface area contributed by atoms with E-state index < -0.39 is 0 Å². The molecule has 0 radical (unpaired) electrons. The summed E-state index contributed by atoms with van der Waals surface area (Å²) in [7, 11) is 0. The summed E-state index contributed by atoms with van der Waals surface area (Å²) in [4.78, 5) is 17.2. The van der Waals surface area contributed by atoms with Crippen LogP contribution in [0.3, 0.4) is 0 Å². The highest BCUT2D eigenvalue weighted by Gasteiger charge is 2.50. The number of anilines is 1. The zero-order valence-corrected chi connectivity index (χ0v) is 17.5. The van der Waals surface area contributed by atoms with Gasteiger partial charge in [-0.25, -0.2) is 0 Å². The standard InChI is InChI=1S/C23H32ClN3O/c24-20-3-1-2-4-21(20)27-7-5-26(6-8-27)15-22(28)25-16-23-12-17-9-18(13-23)11-19(10-17)14-23/h1-4,17-19H,5-16H2,(H,25,28). The maximum atomic E-state index is 12.6. The van der Waals surface area contributed by atoms with Gasteiger partial charge in [0.05, 0.1) is 17.3 Å². The molecule has 6 rings (SSSR count). The van der Waals surface area contributed by atoms with E-state index in [0.29, 0.717) is 12.0 Å². The molecule has 4 saturated carbocycles. The monoisotopic (exact) mass is 401 g/mol. The highest BCUT2D eigenvalue weighted by molar-refractivity contribution is 6.33. The summed E-state index contributed by atoms with van der Waals surface area (Å²) in [5.74, 6) is 3.05. The molecule has 4 nitrogen and oxygen atoms in total. The molecular weight excluding hydrogens is 370 g/mol. The first-order chi connectivity index (χ1) is 13.6. The lowest BCUT2D eigenvalue weighted by Crippen LogP contribution is -2.53. The summed E-state index contributed by atoms with van der Waals surface area (Å²) in [6.45, 7) is 5.11. The van der Waals surface area contributed by atoms with Gasteiger partial charge in [-0.15, -0.1) is 0 Å². The molecule has 4 bridgehead atoms. The number of para-hydroxylation sites is 1. The highest BCUT2D eigenvalue weighted by Crippen LogP contribution is 2.59. The van der Waals surface area contributed by atoms with E-state index in [4.69, 9.17) is 11.6 Å². The van der Waals surface area contributed by atoms with Crippen LogP contribution in [-0.2, 0) is 4.79 Å². The first kappa shape index (κ1) is 18.7. The third-order valence-electron chi connectivity index (χ3n) is 7.76. The number of hydrogen-bond acceptors (Lipinski definition) is 3. The largest absolute Gasteiger partial charge is 0.368 e. The smallest absolute Gasteiger partial charge is 0.234 e. The van der Waals surface area contributed by atoms with Crippen molar-refractivity contribution in [3.05, 3.63) is 29.3 Å². The van der Waals surface area contributed by atoms with Gasteiger partial charge in [0.25, 0.3) is 0 Å². The van der Waals surface area contributed by atoms with Gasteiger partial charge in [0, 0.05) is 32.7 Å². The van der Waals surface area contributed by atoms with Crippen LogP contribution >= 0.6 is 11.6 Å². The topological polar surface area (TPSA) is 35.6 Å². The Balaban J connectivity index is 1.09. The molecular formula is C23H32ClN3O. The average Bonchev–Trinajstić information content (AvgIpc) is 2.67. The van der Waals surface area contributed by atoms with E-state index in [-0.39, 0.29) is 5.91 Å². The van der Waals surface area contributed by atoms with E-state index in [1.165, 1.54) is 38.5 Å². The highest BCUT2D eigenvalue weighted by atomic mass is 35.5. The number of hydrogen-bond donors (Lipinski definition) is 1. The average molecular weight is 402 g/mol. The van der Waals surface area contributed by atoms with Gasteiger partial charge < -0.3 is 10.2 Å². The molecule has 4 aliphatic carbocycles. The fourth-order valence-electron chi connectivity index (χ4n) is 6.91. The van der Waals surface area contributed by atoms with E-state index in [2.05, 4.69) is 21.2 Å². The Kier molecular flexibility index (Phi) is 5.04. The number of carbonyl (C=O) groups is 1. The lowest BCUT2D eigenvalue weighted by molar-refractivity contribution is -0.124. The van der Waals surface area contributed by atoms with Gasteiger partial charge in [-0.05, 0) is 73.8 Å². The number of halogens is 1. The summed E-state index contributed by atoms with van der Waals surface area (Å²) < 4.78 is 0. The van der Waals surface area contributed by atoms with Gasteiger partial charge in [-0.3, -0.25) is 9.69 Å². The lowest BCUT2D eigenvalue weighted by atomic mass is 9.49. The maximum absolute atomic E-state index is 12.6. The number of piperazine rings is 1. The second-order valence-electron chi connectivity index (χ2n) is 9.91. The van der Waals surface area contributed by atoms with Gasteiger partial charge in [0.15, 0.2) is 0 Å². The zero-order valence-electron chi connectivity index (χ0n) is 16.7. The van der Waals surface area contributed by atoms with Crippen LogP contribution in [-0.4, -0.2) is 50.1 Å². The molecule has 5 fully saturated rings. The van der Waals surface area contributed by atoms with E-state index in [0.717, 1.165) is 61.2 Å². The Labute approximate surface area is 173 Å². The molecule has 1 aromatic carbocycles. The third-order valence-corrected chi connectivity index (χ3v) is 8.08. The molecule has 0 unspecified atom stereocenters. The Morgan fingerprint density at radius 2 is 1.61 bits per heavy atom. The minimum absolute atomic E-state index is 0.210. The number of amides is 1. The van der Waals surface area contributed by atoms with E-state index >= 15 is 0 Å². The molecule has 1 saturated heterocycles. The van der Waals surface area contributed by atoms with Crippen molar-refractivity contribution in [2.24, 2.45) is 23.2 Å². The minimum atomic E-state index is 0.210. The summed E-state index contributed by atoms with van der Waals surface area (Å²) >= 11 is 6.33. The van der Waals surface area contributed by atoms with Crippen LogP contribution < -0.4 is 10.2 Å². The first-order valence-corrected chi connectivity index (χ1v) is 11.4. The van der Waals surface area contributed by atoms with Crippen molar-refractivity contribution in [3.8, 4) is 0 Å². The lowest BCUT2D eigenvalue weighted by Gasteiger charge is -2.57. The third kappa shape index (κ3) is 3.78. The van der Waals surface area contributed by atoms with Crippen molar-refractivity contribution in [1.29, 1.82) is 0 Å². The predicted molar refractivity (Wildman–Crippen MR) is 114 cm³/mol. The van der Waals surface area contributed by atoms with Crippen LogP contribution in [0.4, 0.5) is 5.69 Å². The summed E-state index contributed by atoms with van der Waals surface area (Å²) in [6.07, 6.45) is 8.45. The second kappa shape index (κ2) is 7.53. The quantitative estimate of drug-likeness (QED) is 0.815. The molecule has 5 aliphatic rings. The fourth-order valence-corrected chi connectivity index (χ4v) is 7.16. The summed E-state index contributed by atoms with van der Waals surface area (Å²) in [5, 5.41) is 4.13. The van der Waals surface area contributed by atoms with Crippen molar-refractivity contribution in [2.45, 2.75) is 38.5 Å². The molecule has 0 atom stereocenters. The Hall–Kier alpha value is -1.26. The van der Waals surface area contributed by atoms with Crippen LogP contribution in [0.15, 0.2) is 24.3 Å². The molecule has 1 aliphatic heterocycles. The van der Waals surface area contributed by atoms with E-state index in [1.54, 1.807) is 0 Å². The van der Waals surface area contributed by atoms with Gasteiger partial charge in [-0.1, -0.05) is 23.7 Å². The Morgan fingerprint density at radius 1 is 1.00 bits per heavy atom. The minimum Gasteiger partial charge on any atom is -0.368 e. The van der Waals surface area contributed by atoms with Crippen molar-refractivity contribution in [1.82, 2.24) is 10.2 Å². The van der Waals surface area contributed by atoms with Crippen LogP contribution in [0.5, 0.6) is 0 Å². The van der Waals surface area contributed by atoms with Gasteiger partial charge in [0.1, 0.15) is 0 Å². The molecule has 0 aromatic heterocycles. The van der Waals surface area contributed by atoms with Crippen LogP contribution in [0, 0.1) is 23.2 Å². The second-order valence-corrected chi connectivity index (χ2v) is 10.3.